The van der Waals surface area contributed by atoms with Crippen molar-refractivity contribution in [3.05, 3.63) is 115 Å². The number of hydrogen-bond acceptors (Lipinski definition) is 1. The first-order valence-corrected chi connectivity index (χ1v) is 11.3. The van der Waals surface area contributed by atoms with Gasteiger partial charge in [-0.3, -0.25) is 9.13 Å². The molecule has 4 aromatic carbocycles. The summed E-state index contributed by atoms with van der Waals surface area (Å²) in [4.78, 5) is 5.35. The van der Waals surface area contributed by atoms with Crippen LogP contribution in [0.5, 0.6) is 0 Å². The van der Waals surface area contributed by atoms with Gasteiger partial charge in [0.1, 0.15) is 11.3 Å². The van der Waals surface area contributed by atoms with Crippen molar-refractivity contribution in [3.63, 3.8) is 0 Å². The molecule has 0 spiro atoms. The first kappa shape index (κ1) is 18.2. The SMILES string of the molecule is Cc1ccc(-n2c3ccccc3c3cc4c5ccccc5n(-c5ccccc5)c4nc32)cc1. The lowest BCUT2D eigenvalue weighted by molar-refractivity contribution is 1.11. The lowest BCUT2D eigenvalue weighted by atomic mass is 10.1. The summed E-state index contributed by atoms with van der Waals surface area (Å²) in [6, 6.07) is 38.7. The van der Waals surface area contributed by atoms with Crippen LogP contribution >= 0.6 is 0 Å². The van der Waals surface area contributed by atoms with Crippen molar-refractivity contribution in [3.8, 4) is 11.4 Å². The number of para-hydroxylation sites is 3. The monoisotopic (exact) mass is 423 g/mol. The van der Waals surface area contributed by atoms with Gasteiger partial charge in [-0.1, -0.05) is 72.3 Å². The van der Waals surface area contributed by atoms with Crippen LogP contribution in [0.25, 0.3) is 55.2 Å². The fourth-order valence-electron chi connectivity index (χ4n) is 5.05. The highest BCUT2D eigenvalue weighted by Gasteiger charge is 2.19. The molecule has 0 saturated carbocycles. The molecule has 3 heteroatoms. The molecule has 0 radical (unpaired) electrons. The van der Waals surface area contributed by atoms with Crippen LogP contribution in [0, 0.1) is 6.92 Å². The Morgan fingerprint density at radius 2 is 0.970 bits per heavy atom. The van der Waals surface area contributed by atoms with Crippen LogP contribution in [0.15, 0.2) is 109 Å². The highest BCUT2D eigenvalue weighted by atomic mass is 15.1. The number of hydrogen-bond donors (Lipinski definition) is 0. The van der Waals surface area contributed by atoms with E-state index < -0.39 is 0 Å². The second kappa shape index (κ2) is 6.81. The van der Waals surface area contributed by atoms with E-state index in [-0.39, 0.29) is 0 Å². The number of pyridine rings is 1. The van der Waals surface area contributed by atoms with Crippen molar-refractivity contribution in [1.29, 1.82) is 0 Å². The molecule has 3 aromatic heterocycles. The maximum atomic E-state index is 5.35. The molecule has 0 fully saturated rings. The van der Waals surface area contributed by atoms with Crippen molar-refractivity contribution < 1.29 is 0 Å². The van der Waals surface area contributed by atoms with E-state index in [4.69, 9.17) is 4.98 Å². The lowest BCUT2D eigenvalue weighted by Crippen LogP contribution is -1.98. The third-order valence-corrected chi connectivity index (χ3v) is 6.58. The normalized spacial score (nSPS) is 11.8. The molecule has 3 nitrogen and oxygen atoms in total. The van der Waals surface area contributed by atoms with E-state index in [0.29, 0.717) is 0 Å². The second-order valence-corrected chi connectivity index (χ2v) is 8.61. The summed E-state index contributed by atoms with van der Waals surface area (Å²) >= 11 is 0. The van der Waals surface area contributed by atoms with Gasteiger partial charge in [0.2, 0.25) is 0 Å². The molecule has 33 heavy (non-hydrogen) atoms. The summed E-state index contributed by atoms with van der Waals surface area (Å²) in [7, 11) is 0. The van der Waals surface area contributed by atoms with E-state index in [2.05, 4.69) is 125 Å². The Morgan fingerprint density at radius 3 is 1.55 bits per heavy atom. The summed E-state index contributed by atoms with van der Waals surface area (Å²) in [5.74, 6) is 0. The van der Waals surface area contributed by atoms with E-state index >= 15 is 0 Å². The number of fused-ring (bicyclic) bond motifs is 6. The van der Waals surface area contributed by atoms with Crippen LogP contribution < -0.4 is 0 Å². The van der Waals surface area contributed by atoms with E-state index in [1.165, 1.54) is 38.1 Å². The molecule has 0 unspecified atom stereocenters. The van der Waals surface area contributed by atoms with Gasteiger partial charge in [0, 0.05) is 32.9 Å². The third-order valence-electron chi connectivity index (χ3n) is 6.58. The smallest absolute Gasteiger partial charge is 0.148 e. The quantitative estimate of drug-likeness (QED) is 0.281. The number of benzene rings is 4. The maximum absolute atomic E-state index is 5.35. The first-order valence-electron chi connectivity index (χ1n) is 11.3. The van der Waals surface area contributed by atoms with Crippen LogP contribution in [0.4, 0.5) is 0 Å². The average molecular weight is 424 g/mol. The predicted molar refractivity (Wildman–Crippen MR) is 138 cm³/mol. The van der Waals surface area contributed by atoms with Gasteiger partial charge in [-0.2, -0.15) is 0 Å². The minimum Gasteiger partial charge on any atom is -0.294 e. The fraction of sp³-hybridized carbons (Fsp3) is 0.0333. The summed E-state index contributed by atoms with van der Waals surface area (Å²) in [6.07, 6.45) is 0. The summed E-state index contributed by atoms with van der Waals surface area (Å²) in [5, 5.41) is 4.79. The van der Waals surface area contributed by atoms with E-state index in [9.17, 15) is 0 Å². The lowest BCUT2D eigenvalue weighted by Gasteiger charge is -2.09. The van der Waals surface area contributed by atoms with Crippen molar-refractivity contribution in [2.24, 2.45) is 0 Å². The van der Waals surface area contributed by atoms with E-state index in [0.717, 1.165) is 22.7 Å². The van der Waals surface area contributed by atoms with E-state index in [1.54, 1.807) is 0 Å². The van der Waals surface area contributed by atoms with Crippen LogP contribution in [0.3, 0.4) is 0 Å². The molecular formula is C30H21N3. The Hall–Kier alpha value is -4.37. The predicted octanol–water partition coefficient (Wildman–Crippen LogP) is 7.58. The van der Waals surface area contributed by atoms with Gasteiger partial charge in [0.15, 0.2) is 0 Å². The molecule has 7 rings (SSSR count). The molecule has 0 amide bonds. The third kappa shape index (κ3) is 2.60. The van der Waals surface area contributed by atoms with E-state index in [1.807, 2.05) is 0 Å². The number of nitrogens with zero attached hydrogens (tertiary/aromatic N) is 3. The van der Waals surface area contributed by atoms with Gasteiger partial charge in [-0.15, -0.1) is 0 Å². The Labute approximate surface area is 191 Å². The molecule has 156 valence electrons. The average Bonchev–Trinajstić information content (AvgIpc) is 3.36. The fourth-order valence-corrected chi connectivity index (χ4v) is 5.05. The maximum Gasteiger partial charge on any atom is 0.148 e. The number of aryl methyl sites for hydroxylation is 1. The number of aromatic nitrogens is 3. The standard InChI is InChI=1S/C30H21N3/c1-20-15-17-22(18-16-20)33-28-14-8-6-12-24(28)26-19-25-23-11-5-7-13-27(23)32(29(25)31-30(26)33)21-9-3-2-4-10-21/h2-19H,1H3. The van der Waals surface area contributed by atoms with Crippen molar-refractivity contribution in [1.82, 2.24) is 14.1 Å². The minimum atomic E-state index is 0.978. The molecule has 0 aliphatic heterocycles. The van der Waals surface area contributed by atoms with Gasteiger partial charge in [0.05, 0.1) is 11.0 Å². The minimum absolute atomic E-state index is 0.978. The summed E-state index contributed by atoms with van der Waals surface area (Å²) in [5.41, 5.74) is 7.80. The van der Waals surface area contributed by atoms with Crippen molar-refractivity contribution >= 4 is 43.9 Å². The van der Waals surface area contributed by atoms with Crippen LogP contribution in [-0.4, -0.2) is 14.1 Å². The molecule has 3 heterocycles. The van der Waals surface area contributed by atoms with Crippen molar-refractivity contribution in [2.75, 3.05) is 0 Å². The van der Waals surface area contributed by atoms with Gasteiger partial charge in [-0.25, -0.2) is 4.98 Å². The van der Waals surface area contributed by atoms with Gasteiger partial charge in [0.25, 0.3) is 0 Å². The topological polar surface area (TPSA) is 22.8 Å². The Balaban J connectivity index is 1.69. The molecule has 0 aliphatic rings. The summed E-state index contributed by atoms with van der Waals surface area (Å²) in [6.45, 7) is 2.12. The second-order valence-electron chi connectivity index (χ2n) is 8.61. The number of rotatable bonds is 2. The molecule has 0 aliphatic carbocycles. The zero-order chi connectivity index (χ0) is 21.9. The molecule has 0 saturated heterocycles. The van der Waals surface area contributed by atoms with Gasteiger partial charge < -0.3 is 0 Å². The van der Waals surface area contributed by atoms with Crippen LogP contribution in [-0.2, 0) is 0 Å². The molecule has 0 N–H and O–H groups in total. The summed E-state index contributed by atoms with van der Waals surface area (Å²) < 4.78 is 4.57. The Morgan fingerprint density at radius 1 is 0.485 bits per heavy atom. The molecule has 0 bridgehead atoms. The Kier molecular flexibility index (Phi) is 3.76. The van der Waals surface area contributed by atoms with Gasteiger partial charge >= 0.3 is 0 Å². The Bertz CT molecular complexity index is 1800. The largest absolute Gasteiger partial charge is 0.294 e. The van der Waals surface area contributed by atoms with Gasteiger partial charge in [-0.05, 0) is 49.4 Å². The van der Waals surface area contributed by atoms with Crippen molar-refractivity contribution in [2.45, 2.75) is 6.92 Å². The highest BCUT2D eigenvalue weighted by molar-refractivity contribution is 6.16. The molecule has 0 atom stereocenters. The highest BCUT2D eigenvalue weighted by Crippen LogP contribution is 2.37. The van der Waals surface area contributed by atoms with Crippen LogP contribution in [0.2, 0.25) is 0 Å². The molecule has 7 aromatic rings. The zero-order valence-corrected chi connectivity index (χ0v) is 18.2. The molecular weight excluding hydrogens is 402 g/mol. The first-order chi connectivity index (χ1) is 16.3. The van der Waals surface area contributed by atoms with Crippen LogP contribution in [0.1, 0.15) is 5.56 Å². The zero-order valence-electron chi connectivity index (χ0n) is 18.2.